The summed E-state index contributed by atoms with van der Waals surface area (Å²) in [7, 11) is 1.63. The van der Waals surface area contributed by atoms with Gasteiger partial charge in [-0.15, -0.1) is 6.58 Å². The van der Waals surface area contributed by atoms with Gasteiger partial charge in [-0.3, -0.25) is 0 Å². The molecule has 3 nitrogen and oxygen atoms in total. The zero-order valence-corrected chi connectivity index (χ0v) is 14.7. The van der Waals surface area contributed by atoms with E-state index in [0.29, 0.717) is 13.0 Å². The van der Waals surface area contributed by atoms with Crippen molar-refractivity contribution in [2.75, 3.05) is 7.11 Å². The zero-order valence-electron chi connectivity index (χ0n) is 14.7. The monoisotopic (exact) mass is 344 g/mol. The smallest absolute Gasteiger partial charge is 0.123 e. The maximum atomic E-state index is 13.1. The molecule has 3 unspecified atom stereocenters. The van der Waals surface area contributed by atoms with E-state index in [0.717, 1.165) is 16.9 Å². The van der Waals surface area contributed by atoms with E-state index >= 15 is 0 Å². The number of halogens is 1. The van der Waals surface area contributed by atoms with E-state index in [4.69, 9.17) is 9.47 Å². The average molecular weight is 344 g/mol. The molecule has 0 aromatic heterocycles. The Morgan fingerprint density at radius 1 is 1.08 bits per heavy atom. The molecule has 0 amide bonds. The Labute approximate surface area is 148 Å². The highest BCUT2D eigenvalue weighted by molar-refractivity contribution is 5.26. The molecule has 0 spiro atoms. The topological polar surface area (TPSA) is 38.7 Å². The maximum Gasteiger partial charge on any atom is 0.123 e. The van der Waals surface area contributed by atoms with E-state index in [-0.39, 0.29) is 17.8 Å². The van der Waals surface area contributed by atoms with Crippen molar-refractivity contribution < 1.29 is 19.0 Å². The van der Waals surface area contributed by atoms with Crippen LogP contribution in [0.3, 0.4) is 0 Å². The normalized spacial score (nSPS) is 14.6. The fourth-order valence-corrected chi connectivity index (χ4v) is 2.70. The molecule has 0 radical (unpaired) electrons. The quantitative estimate of drug-likeness (QED) is 0.695. The van der Waals surface area contributed by atoms with Gasteiger partial charge in [0.05, 0.1) is 25.9 Å². The summed E-state index contributed by atoms with van der Waals surface area (Å²) in [4.78, 5) is 0. The molecule has 0 heterocycles. The van der Waals surface area contributed by atoms with Gasteiger partial charge in [0, 0.05) is 5.92 Å². The highest BCUT2D eigenvalue weighted by Crippen LogP contribution is 2.22. The molecule has 0 saturated heterocycles. The van der Waals surface area contributed by atoms with Gasteiger partial charge in [0.15, 0.2) is 0 Å². The summed E-state index contributed by atoms with van der Waals surface area (Å²) in [5, 5.41) is 10.3. The molecule has 0 saturated carbocycles. The van der Waals surface area contributed by atoms with Gasteiger partial charge >= 0.3 is 0 Å². The fraction of sp³-hybridized carbons (Fsp3) is 0.333. The molecule has 0 fully saturated rings. The van der Waals surface area contributed by atoms with Crippen LogP contribution in [0.25, 0.3) is 0 Å². The lowest BCUT2D eigenvalue weighted by molar-refractivity contribution is -0.0218. The van der Waals surface area contributed by atoms with Gasteiger partial charge < -0.3 is 14.6 Å². The number of aliphatic hydroxyl groups excluding tert-OH is 1. The summed E-state index contributed by atoms with van der Waals surface area (Å²) in [5.74, 6) is 0.364. The van der Waals surface area contributed by atoms with Crippen LogP contribution in [-0.4, -0.2) is 24.4 Å². The van der Waals surface area contributed by atoms with Crippen LogP contribution in [0, 0.1) is 11.7 Å². The first-order valence-corrected chi connectivity index (χ1v) is 8.33. The Bertz CT molecular complexity index is 652. The van der Waals surface area contributed by atoms with Crippen molar-refractivity contribution in [1.82, 2.24) is 0 Å². The highest BCUT2D eigenvalue weighted by atomic mass is 19.1. The molecule has 2 aromatic rings. The molecule has 0 aliphatic heterocycles. The lowest BCUT2D eigenvalue weighted by Gasteiger charge is -2.27. The number of methoxy groups -OCH3 is 1. The SMILES string of the molecule is C=CC(O)C(Cc1ccc(F)cc1)C(C)OCc1ccc(OC)cc1. The minimum Gasteiger partial charge on any atom is -0.497 e. The molecular formula is C21H25FO3. The summed E-state index contributed by atoms with van der Waals surface area (Å²) in [6, 6.07) is 14.0. The van der Waals surface area contributed by atoms with Crippen molar-refractivity contribution in [2.24, 2.45) is 5.92 Å². The summed E-state index contributed by atoms with van der Waals surface area (Å²) in [5.41, 5.74) is 1.98. The predicted octanol–water partition coefficient (Wildman–Crippen LogP) is 4.15. The standard InChI is InChI=1S/C21H25FO3/c1-4-21(23)20(13-16-5-9-18(22)10-6-16)15(2)25-14-17-7-11-19(24-3)12-8-17/h4-12,15,20-21,23H,1,13-14H2,2-3H3. The van der Waals surface area contributed by atoms with Gasteiger partial charge in [-0.25, -0.2) is 4.39 Å². The van der Waals surface area contributed by atoms with Crippen molar-refractivity contribution in [3.63, 3.8) is 0 Å². The van der Waals surface area contributed by atoms with Crippen LogP contribution in [0.15, 0.2) is 61.2 Å². The van der Waals surface area contributed by atoms with E-state index in [1.165, 1.54) is 18.2 Å². The molecule has 25 heavy (non-hydrogen) atoms. The number of ether oxygens (including phenoxy) is 2. The van der Waals surface area contributed by atoms with Gasteiger partial charge in [0.1, 0.15) is 11.6 Å². The predicted molar refractivity (Wildman–Crippen MR) is 97.0 cm³/mol. The second-order valence-electron chi connectivity index (χ2n) is 6.08. The maximum absolute atomic E-state index is 13.1. The van der Waals surface area contributed by atoms with Crippen LogP contribution in [0.5, 0.6) is 5.75 Å². The third-order valence-electron chi connectivity index (χ3n) is 4.34. The molecule has 4 heteroatoms. The Hall–Kier alpha value is -2.17. The van der Waals surface area contributed by atoms with Crippen LogP contribution in [0.2, 0.25) is 0 Å². The van der Waals surface area contributed by atoms with Crippen LogP contribution in [0.4, 0.5) is 4.39 Å². The number of benzene rings is 2. The molecule has 2 rings (SSSR count). The highest BCUT2D eigenvalue weighted by Gasteiger charge is 2.24. The largest absolute Gasteiger partial charge is 0.497 e. The number of hydrogen-bond acceptors (Lipinski definition) is 3. The van der Waals surface area contributed by atoms with Crippen molar-refractivity contribution >= 4 is 0 Å². The van der Waals surface area contributed by atoms with Crippen LogP contribution in [0.1, 0.15) is 18.1 Å². The molecule has 134 valence electrons. The van der Waals surface area contributed by atoms with Gasteiger partial charge in [-0.2, -0.15) is 0 Å². The molecule has 0 aliphatic carbocycles. The van der Waals surface area contributed by atoms with Crippen LogP contribution < -0.4 is 4.74 Å². The molecule has 1 N–H and O–H groups in total. The minimum atomic E-state index is -0.698. The third-order valence-corrected chi connectivity index (χ3v) is 4.34. The Kier molecular flexibility index (Phi) is 7.16. The number of aliphatic hydroxyl groups is 1. The molecule has 2 aromatic carbocycles. The summed E-state index contributed by atoms with van der Waals surface area (Å²) < 4.78 is 24.2. The molecule has 3 atom stereocenters. The van der Waals surface area contributed by atoms with E-state index in [1.807, 2.05) is 31.2 Å². The summed E-state index contributed by atoms with van der Waals surface area (Å²) in [6.45, 7) is 6.05. The van der Waals surface area contributed by atoms with E-state index in [1.54, 1.807) is 19.2 Å². The van der Waals surface area contributed by atoms with E-state index in [2.05, 4.69) is 6.58 Å². The second kappa shape index (κ2) is 9.35. The third kappa shape index (κ3) is 5.69. The van der Waals surface area contributed by atoms with E-state index < -0.39 is 6.10 Å². The first-order valence-electron chi connectivity index (χ1n) is 8.33. The first kappa shape index (κ1) is 19.2. The van der Waals surface area contributed by atoms with E-state index in [9.17, 15) is 9.50 Å². The Morgan fingerprint density at radius 3 is 2.24 bits per heavy atom. The van der Waals surface area contributed by atoms with Crippen LogP contribution >= 0.6 is 0 Å². The second-order valence-corrected chi connectivity index (χ2v) is 6.08. The van der Waals surface area contributed by atoms with Crippen molar-refractivity contribution in [2.45, 2.75) is 32.2 Å². The van der Waals surface area contributed by atoms with Gasteiger partial charge in [0.25, 0.3) is 0 Å². The van der Waals surface area contributed by atoms with Crippen molar-refractivity contribution in [3.05, 3.63) is 78.1 Å². The Balaban J connectivity index is 2.00. The summed E-state index contributed by atoms with van der Waals surface area (Å²) in [6.07, 6.45) is 1.20. The first-order chi connectivity index (χ1) is 12.0. The summed E-state index contributed by atoms with van der Waals surface area (Å²) >= 11 is 0. The number of rotatable bonds is 9. The van der Waals surface area contributed by atoms with Crippen molar-refractivity contribution in [3.8, 4) is 5.75 Å². The Morgan fingerprint density at radius 2 is 1.68 bits per heavy atom. The molecular weight excluding hydrogens is 319 g/mol. The van der Waals surface area contributed by atoms with Gasteiger partial charge in [-0.05, 0) is 48.7 Å². The minimum absolute atomic E-state index is 0.166. The fourth-order valence-electron chi connectivity index (χ4n) is 2.70. The lowest BCUT2D eigenvalue weighted by Crippen LogP contribution is -2.32. The zero-order chi connectivity index (χ0) is 18.2. The molecule has 0 aliphatic rings. The average Bonchev–Trinajstić information content (AvgIpc) is 2.65. The lowest BCUT2D eigenvalue weighted by atomic mass is 9.89. The van der Waals surface area contributed by atoms with Crippen molar-refractivity contribution in [1.29, 1.82) is 0 Å². The van der Waals surface area contributed by atoms with Gasteiger partial charge in [0.2, 0.25) is 0 Å². The van der Waals surface area contributed by atoms with Crippen LogP contribution in [-0.2, 0) is 17.8 Å². The van der Waals surface area contributed by atoms with Gasteiger partial charge in [-0.1, -0.05) is 30.3 Å². The number of hydrogen-bond donors (Lipinski definition) is 1. The molecule has 0 bridgehead atoms.